The minimum absolute atomic E-state index is 0.0464. The Balaban J connectivity index is 1.60. The molecule has 160 valence electrons. The topological polar surface area (TPSA) is 71.2 Å². The van der Waals surface area contributed by atoms with Gasteiger partial charge in [0.1, 0.15) is 0 Å². The zero-order valence-corrected chi connectivity index (χ0v) is 18.3. The number of aromatic nitrogens is 1. The average molecular weight is 415 g/mol. The molecule has 2 aromatic carbocycles. The SMILES string of the molecule is CCN(CC)c1ccc(N)c(-c2cc(C(=O)NC3CCCc4ccccc43)ccn2)c1. The molecule has 0 radical (unpaired) electrons. The van der Waals surface area contributed by atoms with E-state index in [1.54, 1.807) is 12.3 Å². The Bertz CT molecular complexity index is 1070. The van der Waals surface area contributed by atoms with Crippen LogP contribution in [0.15, 0.2) is 60.8 Å². The summed E-state index contributed by atoms with van der Waals surface area (Å²) in [6.45, 7) is 6.09. The normalized spacial score (nSPS) is 15.2. The summed E-state index contributed by atoms with van der Waals surface area (Å²) in [5.41, 5.74) is 12.7. The first-order chi connectivity index (χ1) is 15.1. The van der Waals surface area contributed by atoms with E-state index in [9.17, 15) is 4.79 Å². The van der Waals surface area contributed by atoms with Crippen LogP contribution in [-0.4, -0.2) is 24.0 Å². The molecule has 1 amide bonds. The highest BCUT2D eigenvalue weighted by Crippen LogP contribution is 2.31. The van der Waals surface area contributed by atoms with Crippen LogP contribution in [0.2, 0.25) is 0 Å². The standard InChI is InChI=1S/C26H30N4O/c1-3-30(4-2)20-12-13-23(27)22(17-20)25-16-19(14-15-28-25)26(31)29-24-11-7-9-18-8-5-6-10-21(18)24/h5-6,8,10,12-17,24H,3-4,7,9,11,27H2,1-2H3,(H,29,31). The largest absolute Gasteiger partial charge is 0.398 e. The second-order valence-corrected chi connectivity index (χ2v) is 7.99. The lowest BCUT2D eigenvalue weighted by atomic mass is 9.87. The summed E-state index contributed by atoms with van der Waals surface area (Å²) in [5, 5.41) is 3.23. The molecule has 4 rings (SSSR count). The van der Waals surface area contributed by atoms with Gasteiger partial charge in [0.25, 0.3) is 5.91 Å². The van der Waals surface area contributed by atoms with Crippen LogP contribution in [0.1, 0.15) is 54.2 Å². The van der Waals surface area contributed by atoms with Crippen molar-refractivity contribution < 1.29 is 4.79 Å². The maximum Gasteiger partial charge on any atom is 0.251 e. The molecule has 1 aliphatic rings. The van der Waals surface area contributed by atoms with Crippen molar-refractivity contribution in [1.29, 1.82) is 0 Å². The summed E-state index contributed by atoms with van der Waals surface area (Å²) >= 11 is 0. The van der Waals surface area contributed by atoms with Crippen LogP contribution in [0, 0.1) is 0 Å². The maximum atomic E-state index is 13.1. The first-order valence-corrected chi connectivity index (χ1v) is 11.1. The van der Waals surface area contributed by atoms with Crippen LogP contribution < -0.4 is 16.0 Å². The summed E-state index contributed by atoms with van der Waals surface area (Å²) in [6.07, 6.45) is 4.80. The third kappa shape index (κ3) is 4.41. The number of nitrogens with two attached hydrogens (primary N) is 1. The van der Waals surface area contributed by atoms with Gasteiger partial charge in [0.05, 0.1) is 11.7 Å². The van der Waals surface area contributed by atoms with E-state index in [0.29, 0.717) is 16.9 Å². The maximum absolute atomic E-state index is 13.1. The van der Waals surface area contributed by atoms with Gasteiger partial charge >= 0.3 is 0 Å². The van der Waals surface area contributed by atoms with E-state index < -0.39 is 0 Å². The Morgan fingerprint density at radius 2 is 1.94 bits per heavy atom. The molecule has 5 nitrogen and oxygen atoms in total. The lowest BCUT2D eigenvalue weighted by molar-refractivity contribution is 0.0932. The molecular formula is C26H30N4O. The first-order valence-electron chi connectivity index (χ1n) is 11.1. The average Bonchev–Trinajstić information content (AvgIpc) is 2.81. The second-order valence-electron chi connectivity index (χ2n) is 7.99. The number of hydrogen-bond donors (Lipinski definition) is 2. The number of fused-ring (bicyclic) bond motifs is 1. The lowest BCUT2D eigenvalue weighted by Crippen LogP contribution is -2.31. The summed E-state index contributed by atoms with van der Waals surface area (Å²) in [4.78, 5) is 19.9. The smallest absolute Gasteiger partial charge is 0.251 e. The number of carbonyl (C=O) groups excluding carboxylic acids is 1. The van der Waals surface area contributed by atoms with Crippen molar-refractivity contribution in [2.24, 2.45) is 0 Å². The van der Waals surface area contributed by atoms with Crippen molar-refractivity contribution in [1.82, 2.24) is 10.3 Å². The zero-order valence-electron chi connectivity index (χ0n) is 18.3. The number of nitrogen functional groups attached to an aromatic ring is 1. The summed E-state index contributed by atoms with van der Waals surface area (Å²) in [6, 6.07) is 18.0. The fourth-order valence-electron chi connectivity index (χ4n) is 4.42. The molecule has 31 heavy (non-hydrogen) atoms. The highest BCUT2D eigenvalue weighted by atomic mass is 16.1. The Hall–Kier alpha value is -3.34. The summed E-state index contributed by atoms with van der Waals surface area (Å²) in [5.74, 6) is -0.0798. The van der Waals surface area contributed by atoms with Crippen LogP contribution in [0.3, 0.4) is 0 Å². The fraction of sp³-hybridized carbons (Fsp3) is 0.308. The van der Waals surface area contributed by atoms with Crippen molar-refractivity contribution in [3.63, 3.8) is 0 Å². The molecule has 0 saturated heterocycles. The number of anilines is 2. The van der Waals surface area contributed by atoms with Crippen LogP contribution >= 0.6 is 0 Å². The third-order valence-electron chi connectivity index (χ3n) is 6.14. The van der Waals surface area contributed by atoms with Crippen LogP contribution in [0.25, 0.3) is 11.3 Å². The third-order valence-corrected chi connectivity index (χ3v) is 6.14. The predicted octanol–water partition coefficient (Wildman–Crippen LogP) is 4.98. The number of nitrogens with one attached hydrogen (secondary N) is 1. The zero-order chi connectivity index (χ0) is 21.8. The van der Waals surface area contributed by atoms with Crippen LogP contribution in [0.5, 0.6) is 0 Å². The molecule has 3 aromatic rings. The van der Waals surface area contributed by atoms with Crippen molar-refractivity contribution in [3.05, 3.63) is 77.5 Å². The monoisotopic (exact) mass is 414 g/mol. The van der Waals surface area contributed by atoms with Crippen molar-refractivity contribution in [3.8, 4) is 11.3 Å². The molecular weight excluding hydrogens is 384 g/mol. The van der Waals surface area contributed by atoms with Crippen LogP contribution in [-0.2, 0) is 6.42 Å². The molecule has 0 bridgehead atoms. The molecule has 0 spiro atoms. The number of hydrogen-bond acceptors (Lipinski definition) is 4. The van der Waals surface area contributed by atoms with Gasteiger partial charge < -0.3 is 16.0 Å². The van der Waals surface area contributed by atoms with Gasteiger partial charge in [-0.25, -0.2) is 0 Å². The molecule has 5 heteroatoms. The predicted molar refractivity (Wildman–Crippen MR) is 127 cm³/mol. The minimum atomic E-state index is -0.0798. The molecule has 1 atom stereocenters. The lowest BCUT2D eigenvalue weighted by Gasteiger charge is -2.26. The Kier molecular flexibility index (Phi) is 6.21. The molecule has 0 saturated carbocycles. The Labute approximate surface area is 184 Å². The van der Waals surface area contributed by atoms with Gasteiger partial charge in [0.2, 0.25) is 0 Å². The van der Waals surface area contributed by atoms with Crippen molar-refractivity contribution in [2.75, 3.05) is 23.7 Å². The van der Waals surface area contributed by atoms with Gasteiger partial charge in [-0.2, -0.15) is 0 Å². The van der Waals surface area contributed by atoms with E-state index >= 15 is 0 Å². The van der Waals surface area contributed by atoms with Crippen molar-refractivity contribution in [2.45, 2.75) is 39.2 Å². The van der Waals surface area contributed by atoms with Crippen LogP contribution in [0.4, 0.5) is 11.4 Å². The van der Waals surface area contributed by atoms with Gasteiger partial charge in [-0.05, 0) is 74.6 Å². The Morgan fingerprint density at radius 1 is 1.13 bits per heavy atom. The number of benzene rings is 2. The number of amides is 1. The molecule has 0 aliphatic heterocycles. The number of aryl methyl sites for hydroxylation is 1. The van der Waals surface area contributed by atoms with Gasteiger partial charge in [0.15, 0.2) is 0 Å². The molecule has 3 N–H and O–H groups in total. The van der Waals surface area contributed by atoms with Gasteiger partial charge in [0, 0.05) is 41.8 Å². The summed E-state index contributed by atoms with van der Waals surface area (Å²) < 4.78 is 0. The summed E-state index contributed by atoms with van der Waals surface area (Å²) in [7, 11) is 0. The van der Waals surface area contributed by atoms with E-state index in [-0.39, 0.29) is 11.9 Å². The number of rotatable bonds is 6. The number of carbonyl (C=O) groups is 1. The fourth-order valence-corrected chi connectivity index (χ4v) is 4.42. The van der Waals surface area contributed by atoms with Gasteiger partial charge in [-0.1, -0.05) is 24.3 Å². The molecule has 1 unspecified atom stereocenters. The molecule has 1 heterocycles. The van der Waals surface area contributed by atoms with Gasteiger partial charge in [-0.3, -0.25) is 9.78 Å². The van der Waals surface area contributed by atoms with Crippen molar-refractivity contribution >= 4 is 17.3 Å². The van der Waals surface area contributed by atoms with E-state index in [1.807, 2.05) is 24.3 Å². The molecule has 0 fully saturated rings. The second kappa shape index (κ2) is 9.21. The van der Waals surface area contributed by atoms with E-state index in [4.69, 9.17) is 5.73 Å². The molecule has 1 aromatic heterocycles. The van der Waals surface area contributed by atoms with E-state index in [1.165, 1.54) is 11.1 Å². The molecule has 1 aliphatic carbocycles. The highest BCUT2D eigenvalue weighted by molar-refractivity contribution is 5.96. The highest BCUT2D eigenvalue weighted by Gasteiger charge is 2.22. The number of pyridine rings is 1. The minimum Gasteiger partial charge on any atom is -0.398 e. The number of nitrogens with zero attached hydrogens (tertiary/aromatic N) is 2. The first kappa shape index (κ1) is 20.9. The van der Waals surface area contributed by atoms with E-state index in [0.717, 1.165) is 43.6 Å². The Morgan fingerprint density at radius 3 is 2.74 bits per heavy atom. The quantitative estimate of drug-likeness (QED) is 0.558. The van der Waals surface area contributed by atoms with E-state index in [2.05, 4.69) is 53.3 Å². The van der Waals surface area contributed by atoms with Gasteiger partial charge in [-0.15, -0.1) is 0 Å².